The van der Waals surface area contributed by atoms with Crippen LogP contribution in [-0.4, -0.2) is 28.2 Å². The standard InChI is InChI=1S/C8H12N4OS/c1-5(8(9)13)12-6-3-7(14-2)11-4-10-6/h3-5H,1-2H3,(H2,9,13)(H,10,11,12). The lowest BCUT2D eigenvalue weighted by molar-refractivity contribution is -0.118. The van der Waals surface area contributed by atoms with Crippen LogP contribution in [0.5, 0.6) is 0 Å². The fourth-order valence-electron chi connectivity index (χ4n) is 0.823. The predicted molar refractivity (Wildman–Crippen MR) is 56.1 cm³/mol. The minimum Gasteiger partial charge on any atom is -0.368 e. The van der Waals surface area contributed by atoms with Crippen molar-refractivity contribution >= 4 is 23.5 Å². The molecule has 1 atom stereocenters. The quantitative estimate of drug-likeness (QED) is 0.560. The molecule has 0 radical (unpaired) electrons. The topological polar surface area (TPSA) is 80.9 Å². The second kappa shape index (κ2) is 4.80. The number of rotatable bonds is 4. The van der Waals surface area contributed by atoms with Crippen molar-refractivity contribution in [2.75, 3.05) is 11.6 Å². The fourth-order valence-corrected chi connectivity index (χ4v) is 1.21. The highest BCUT2D eigenvalue weighted by atomic mass is 32.2. The predicted octanol–water partition coefficient (Wildman–Crippen LogP) is 0.484. The van der Waals surface area contributed by atoms with E-state index in [2.05, 4.69) is 15.3 Å². The lowest BCUT2D eigenvalue weighted by Gasteiger charge is -2.10. The number of anilines is 1. The van der Waals surface area contributed by atoms with Crippen LogP contribution in [0.3, 0.4) is 0 Å². The molecule has 0 saturated heterocycles. The zero-order valence-corrected chi connectivity index (χ0v) is 8.84. The van der Waals surface area contributed by atoms with E-state index in [0.717, 1.165) is 5.03 Å². The first-order chi connectivity index (χ1) is 6.63. The molecule has 6 heteroatoms. The van der Waals surface area contributed by atoms with Crippen LogP contribution in [0.1, 0.15) is 6.92 Å². The molecule has 0 aromatic carbocycles. The number of primary amides is 1. The maximum Gasteiger partial charge on any atom is 0.239 e. The van der Waals surface area contributed by atoms with Gasteiger partial charge in [-0.05, 0) is 13.2 Å². The third kappa shape index (κ3) is 2.88. The van der Waals surface area contributed by atoms with Crippen molar-refractivity contribution in [3.8, 4) is 0 Å². The third-order valence-corrected chi connectivity index (χ3v) is 2.28. The summed E-state index contributed by atoms with van der Waals surface area (Å²) >= 11 is 1.51. The van der Waals surface area contributed by atoms with Crippen LogP contribution >= 0.6 is 11.8 Å². The number of hydrogen-bond acceptors (Lipinski definition) is 5. The van der Waals surface area contributed by atoms with E-state index in [0.29, 0.717) is 5.82 Å². The van der Waals surface area contributed by atoms with Gasteiger partial charge in [-0.3, -0.25) is 4.79 Å². The summed E-state index contributed by atoms with van der Waals surface area (Å²) < 4.78 is 0. The van der Waals surface area contributed by atoms with E-state index >= 15 is 0 Å². The summed E-state index contributed by atoms with van der Waals surface area (Å²) in [5, 5.41) is 3.72. The first-order valence-electron chi connectivity index (χ1n) is 4.05. The van der Waals surface area contributed by atoms with Gasteiger partial charge in [-0.1, -0.05) is 0 Å². The van der Waals surface area contributed by atoms with Gasteiger partial charge in [-0.15, -0.1) is 11.8 Å². The smallest absolute Gasteiger partial charge is 0.239 e. The van der Waals surface area contributed by atoms with Gasteiger partial charge in [0.25, 0.3) is 0 Å². The number of nitrogens with zero attached hydrogens (tertiary/aromatic N) is 2. The first kappa shape index (κ1) is 10.8. The van der Waals surface area contributed by atoms with Crippen LogP contribution < -0.4 is 11.1 Å². The maximum absolute atomic E-state index is 10.8. The molecule has 0 fully saturated rings. The number of carbonyl (C=O) groups is 1. The molecule has 1 heterocycles. The minimum absolute atomic E-state index is 0.408. The highest BCUT2D eigenvalue weighted by Crippen LogP contribution is 2.13. The molecule has 0 aliphatic heterocycles. The van der Waals surface area contributed by atoms with Gasteiger partial charge in [-0.2, -0.15) is 0 Å². The third-order valence-electron chi connectivity index (χ3n) is 1.64. The van der Waals surface area contributed by atoms with Crippen molar-refractivity contribution < 1.29 is 4.79 Å². The van der Waals surface area contributed by atoms with E-state index < -0.39 is 11.9 Å². The van der Waals surface area contributed by atoms with Crippen LogP contribution in [-0.2, 0) is 4.79 Å². The minimum atomic E-state index is -0.431. The summed E-state index contributed by atoms with van der Waals surface area (Å²) in [5.74, 6) is 0.199. The van der Waals surface area contributed by atoms with E-state index in [-0.39, 0.29) is 0 Å². The molecule has 1 unspecified atom stereocenters. The lowest BCUT2D eigenvalue weighted by Crippen LogP contribution is -2.32. The van der Waals surface area contributed by atoms with Gasteiger partial charge in [-0.25, -0.2) is 9.97 Å². The normalized spacial score (nSPS) is 12.1. The molecule has 0 spiro atoms. The van der Waals surface area contributed by atoms with Crippen molar-refractivity contribution in [1.29, 1.82) is 0 Å². The Balaban J connectivity index is 2.71. The van der Waals surface area contributed by atoms with E-state index in [1.165, 1.54) is 18.1 Å². The summed E-state index contributed by atoms with van der Waals surface area (Å²) in [6, 6.07) is 1.34. The maximum atomic E-state index is 10.8. The number of hydrogen-bond donors (Lipinski definition) is 2. The Morgan fingerprint density at radius 1 is 1.64 bits per heavy atom. The average molecular weight is 212 g/mol. The molecular weight excluding hydrogens is 200 g/mol. The van der Waals surface area contributed by atoms with Gasteiger partial charge in [0.2, 0.25) is 5.91 Å². The molecular formula is C8H12N4OS. The number of aromatic nitrogens is 2. The van der Waals surface area contributed by atoms with Gasteiger partial charge < -0.3 is 11.1 Å². The van der Waals surface area contributed by atoms with Crippen LogP contribution in [0.4, 0.5) is 5.82 Å². The van der Waals surface area contributed by atoms with E-state index in [1.807, 2.05) is 6.26 Å². The number of carbonyl (C=O) groups excluding carboxylic acids is 1. The van der Waals surface area contributed by atoms with Crippen LogP contribution in [0.25, 0.3) is 0 Å². The van der Waals surface area contributed by atoms with Crippen LogP contribution in [0.15, 0.2) is 17.4 Å². The zero-order valence-electron chi connectivity index (χ0n) is 8.02. The van der Waals surface area contributed by atoms with Crippen molar-refractivity contribution in [2.45, 2.75) is 18.0 Å². The molecule has 1 rings (SSSR count). The Morgan fingerprint density at radius 3 is 2.93 bits per heavy atom. The molecule has 0 saturated carbocycles. The van der Waals surface area contributed by atoms with Gasteiger partial charge in [0.15, 0.2) is 0 Å². The number of thioether (sulfide) groups is 1. The van der Waals surface area contributed by atoms with Gasteiger partial charge in [0, 0.05) is 6.07 Å². The Morgan fingerprint density at radius 2 is 2.36 bits per heavy atom. The molecule has 14 heavy (non-hydrogen) atoms. The van der Waals surface area contributed by atoms with Crippen LogP contribution in [0.2, 0.25) is 0 Å². The van der Waals surface area contributed by atoms with E-state index in [4.69, 9.17) is 5.73 Å². The van der Waals surface area contributed by atoms with Crippen molar-refractivity contribution in [1.82, 2.24) is 9.97 Å². The molecule has 1 aromatic heterocycles. The van der Waals surface area contributed by atoms with Gasteiger partial charge >= 0.3 is 0 Å². The Bertz CT molecular complexity index is 331. The molecule has 1 amide bonds. The fraction of sp³-hybridized carbons (Fsp3) is 0.375. The molecule has 0 bridgehead atoms. The monoisotopic (exact) mass is 212 g/mol. The van der Waals surface area contributed by atoms with E-state index in [9.17, 15) is 4.79 Å². The Labute approximate surface area is 86.5 Å². The highest BCUT2D eigenvalue weighted by Gasteiger charge is 2.08. The summed E-state index contributed by atoms with van der Waals surface area (Å²) in [6.45, 7) is 1.68. The van der Waals surface area contributed by atoms with E-state index in [1.54, 1.807) is 13.0 Å². The van der Waals surface area contributed by atoms with Gasteiger partial charge in [0.1, 0.15) is 23.2 Å². The zero-order chi connectivity index (χ0) is 10.6. The lowest BCUT2D eigenvalue weighted by atomic mass is 10.3. The summed E-state index contributed by atoms with van der Waals surface area (Å²) in [6.07, 6.45) is 3.37. The highest BCUT2D eigenvalue weighted by molar-refractivity contribution is 7.98. The number of nitrogens with two attached hydrogens (primary N) is 1. The summed E-state index contributed by atoms with van der Waals surface area (Å²) in [4.78, 5) is 18.7. The average Bonchev–Trinajstić information content (AvgIpc) is 2.18. The second-order valence-corrected chi connectivity index (χ2v) is 3.54. The van der Waals surface area contributed by atoms with Gasteiger partial charge in [0.05, 0.1) is 0 Å². The Hall–Kier alpha value is -1.30. The first-order valence-corrected chi connectivity index (χ1v) is 5.28. The molecule has 0 aliphatic carbocycles. The second-order valence-electron chi connectivity index (χ2n) is 2.71. The van der Waals surface area contributed by atoms with Crippen molar-refractivity contribution in [2.24, 2.45) is 5.73 Å². The number of nitrogens with one attached hydrogen (secondary N) is 1. The largest absolute Gasteiger partial charge is 0.368 e. The van der Waals surface area contributed by atoms with Crippen molar-refractivity contribution in [3.05, 3.63) is 12.4 Å². The summed E-state index contributed by atoms with van der Waals surface area (Å²) in [5.41, 5.74) is 5.10. The number of amides is 1. The Kier molecular flexibility index (Phi) is 3.70. The molecule has 76 valence electrons. The van der Waals surface area contributed by atoms with Crippen molar-refractivity contribution in [3.63, 3.8) is 0 Å². The summed E-state index contributed by atoms with van der Waals surface area (Å²) in [7, 11) is 0. The molecule has 0 aliphatic rings. The molecule has 5 nitrogen and oxygen atoms in total. The molecule has 1 aromatic rings. The van der Waals surface area contributed by atoms with Crippen LogP contribution in [0, 0.1) is 0 Å². The SMILES string of the molecule is CSc1cc(NC(C)C(N)=O)ncn1. The molecule has 3 N–H and O–H groups in total.